The van der Waals surface area contributed by atoms with Crippen molar-refractivity contribution in [2.75, 3.05) is 11.9 Å². The normalized spacial score (nSPS) is 23.5. The molecule has 1 fully saturated rings. The molecule has 0 radical (unpaired) electrons. The summed E-state index contributed by atoms with van der Waals surface area (Å²) in [5, 5.41) is 7.41. The van der Waals surface area contributed by atoms with E-state index in [1.54, 1.807) is 11.1 Å². The highest BCUT2D eigenvalue weighted by Gasteiger charge is 2.35. The SMILES string of the molecule is c1ccc(CNc2ccc3c(c2)CC2(CCCCN2)CC3)cc1. The number of aryl methyl sites for hydroxylation is 1. The molecule has 2 nitrogen and oxygen atoms in total. The van der Waals surface area contributed by atoms with Gasteiger partial charge in [0, 0.05) is 17.8 Å². The van der Waals surface area contributed by atoms with Crippen LogP contribution in [0, 0.1) is 0 Å². The summed E-state index contributed by atoms with van der Waals surface area (Å²) in [5.74, 6) is 0. The van der Waals surface area contributed by atoms with Crippen molar-refractivity contribution < 1.29 is 0 Å². The third kappa shape index (κ3) is 3.28. The zero-order chi connectivity index (χ0) is 15.5. The first-order valence-electron chi connectivity index (χ1n) is 8.98. The number of hydrogen-bond acceptors (Lipinski definition) is 2. The third-order valence-corrected chi connectivity index (χ3v) is 5.53. The van der Waals surface area contributed by atoms with Crippen LogP contribution in [-0.4, -0.2) is 12.1 Å². The van der Waals surface area contributed by atoms with Crippen LogP contribution in [0.2, 0.25) is 0 Å². The molecule has 1 heterocycles. The van der Waals surface area contributed by atoms with E-state index in [0.717, 1.165) is 6.54 Å². The molecule has 2 aromatic carbocycles. The van der Waals surface area contributed by atoms with E-state index in [-0.39, 0.29) is 0 Å². The van der Waals surface area contributed by atoms with Crippen molar-refractivity contribution in [3.63, 3.8) is 0 Å². The minimum absolute atomic E-state index is 0.378. The smallest absolute Gasteiger partial charge is 0.0400 e. The van der Waals surface area contributed by atoms with Gasteiger partial charge in [-0.05, 0) is 67.5 Å². The molecule has 1 atom stereocenters. The van der Waals surface area contributed by atoms with Crippen LogP contribution in [0.25, 0.3) is 0 Å². The molecule has 120 valence electrons. The second-order valence-corrected chi connectivity index (χ2v) is 7.16. The van der Waals surface area contributed by atoms with Gasteiger partial charge in [-0.1, -0.05) is 42.8 Å². The Labute approximate surface area is 139 Å². The van der Waals surface area contributed by atoms with Crippen molar-refractivity contribution in [1.82, 2.24) is 5.32 Å². The fraction of sp³-hybridized carbons (Fsp3) is 0.429. The molecule has 0 aromatic heterocycles. The number of piperidine rings is 1. The Morgan fingerprint density at radius 2 is 1.87 bits per heavy atom. The van der Waals surface area contributed by atoms with E-state index in [1.807, 2.05) is 0 Å². The summed E-state index contributed by atoms with van der Waals surface area (Å²) < 4.78 is 0. The number of nitrogens with one attached hydrogen (secondary N) is 2. The summed E-state index contributed by atoms with van der Waals surface area (Å²) in [7, 11) is 0. The lowest BCUT2D eigenvalue weighted by molar-refractivity contribution is 0.225. The predicted octanol–water partition coefficient (Wildman–Crippen LogP) is 4.30. The summed E-state index contributed by atoms with van der Waals surface area (Å²) in [5.41, 5.74) is 6.05. The van der Waals surface area contributed by atoms with E-state index in [1.165, 1.54) is 56.3 Å². The third-order valence-electron chi connectivity index (χ3n) is 5.53. The van der Waals surface area contributed by atoms with E-state index >= 15 is 0 Å². The van der Waals surface area contributed by atoms with Crippen LogP contribution >= 0.6 is 0 Å². The minimum Gasteiger partial charge on any atom is -0.381 e. The summed E-state index contributed by atoms with van der Waals surface area (Å²) in [6.07, 6.45) is 7.79. The van der Waals surface area contributed by atoms with E-state index < -0.39 is 0 Å². The van der Waals surface area contributed by atoms with Crippen molar-refractivity contribution in [2.24, 2.45) is 0 Å². The van der Waals surface area contributed by atoms with Gasteiger partial charge in [0.05, 0.1) is 0 Å². The van der Waals surface area contributed by atoms with Gasteiger partial charge >= 0.3 is 0 Å². The number of hydrogen-bond donors (Lipinski definition) is 2. The standard InChI is InChI=1S/C21H26N2/c1-2-6-17(7-3-1)16-22-20-9-8-18-10-12-21(15-19(18)14-20)11-4-5-13-23-21/h1-3,6-9,14,22-23H,4-5,10-13,15-16H2. The molecule has 0 amide bonds. The molecule has 0 saturated carbocycles. The Hall–Kier alpha value is -1.80. The highest BCUT2D eigenvalue weighted by molar-refractivity contribution is 5.50. The fourth-order valence-corrected chi connectivity index (χ4v) is 4.17. The summed E-state index contributed by atoms with van der Waals surface area (Å²) in [6.45, 7) is 2.09. The number of rotatable bonds is 3. The van der Waals surface area contributed by atoms with Gasteiger partial charge in [0.2, 0.25) is 0 Å². The van der Waals surface area contributed by atoms with Crippen molar-refractivity contribution in [2.45, 2.75) is 50.6 Å². The maximum absolute atomic E-state index is 3.83. The average Bonchev–Trinajstić information content (AvgIpc) is 2.61. The number of fused-ring (bicyclic) bond motifs is 1. The van der Waals surface area contributed by atoms with Gasteiger partial charge in [-0.25, -0.2) is 0 Å². The minimum atomic E-state index is 0.378. The molecule has 1 unspecified atom stereocenters. The van der Waals surface area contributed by atoms with E-state index in [4.69, 9.17) is 0 Å². The van der Waals surface area contributed by atoms with Gasteiger partial charge in [-0.15, -0.1) is 0 Å². The first kappa shape index (κ1) is 14.8. The number of anilines is 1. The van der Waals surface area contributed by atoms with Crippen LogP contribution < -0.4 is 10.6 Å². The van der Waals surface area contributed by atoms with Crippen LogP contribution in [0.15, 0.2) is 48.5 Å². The first-order valence-corrected chi connectivity index (χ1v) is 8.98. The largest absolute Gasteiger partial charge is 0.381 e. The molecule has 1 saturated heterocycles. The Morgan fingerprint density at radius 3 is 2.70 bits per heavy atom. The topological polar surface area (TPSA) is 24.1 Å². The molecule has 2 N–H and O–H groups in total. The molecule has 1 aliphatic carbocycles. The lowest BCUT2D eigenvalue weighted by Crippen LogP contribution is -2.52. The summed E-state index contributed by atoms with van der Waals surface area (Å²) in [6, 6.07) is 17.6. The molecular formula is C21H26N2. The van der Waals surface area contributed by atoms with Crippen LogP contribution in [0.1, 0.15) is 42.4 Å². The van der Waals surface area contributed by atoms with Gasteiger partial charge in [0.25, 0.3) is 0 Å². The van der Waals surface area contributed by atoms with E-state index in [9.17, 15) is 0 Å². The lowest BCUT2D eigenvalue weighted by Gasteiger charge is -2.42. The monoisotopic (exact) mass is 306 g/mol. The second-order valence-electron chi connectivity index (χ2n) is 7.16. The molecule has 23 heavy (non-hydrogen) atoms. The van der Waals surface area contributed by atoms with Crippen molar-refractivity contribution >= 4 is 5.69 Å². The zero-order valence-electron chi connectivity index (χ0n) is 13.8. The predicted molar refractivity (Wildman–Crippen MR) is 96.8 cm³/mol. The van der Waals surface area contributed by atoms with Gasteiger partial charge in [0.1, 0.15) is 0 Å². The van der Waals surface area contributed by atoms with Crippen molar-refractivity contribution in [1.29, 1.82) is 0 Å². The molecule has 1 spiro atoms. The van der Waals surface area contributed by atoms with Crippen molar-refractivity contribution in [3.05, 3.63) is 65.2 Å². The second kappa shape index (κ2) is 6.37. The molecule has 2 heteroatoms. The Morgan fingerprint density at radius 1 is 0.957 bits per heavy atom. The lowest BCUT2D eigenvalue weighted by atomic mass is 9.73. The highest BCUT2D eigenvalue weighted by atomic mass is 15.0. The van der Waals surface area contributed by atoms with Crippen LogP contribution in [0.5, 0.6) is 0 Å². The molecule has 2 aliphatic rings. The van der Waals surface area contributed by atoms with Gasteiger partial charge in [-0.3, -0.25) is 0 Å². The van der Waals surface area contributed by atoms with E-state index in [2.05, 4.69) is 59.2 Å². The maximum Gasteiger partial charge on any atom is 0.0400 e. The van der Waals surface area contributed by atoms with Crippen LogP contribution in [0.3, 0.4) is 0 Å². The van der Waals surface area contributed by atoms with Gasteiger partial charge in [-0.2, -0.15) is 0 Å². The fourth-order valence-electron chi connectivity index (χ4n) is 4.17. The number of benzene rings is 2. The molecule has 4 rings (SSSR count). The van der Waals surface area contributed by atoms with E-state index in [0.29, 0.717) is 5.54 Å². The molecule has 0 bridgehead atoms. The molecule has 1 aliphatic heterocycles. The zero-order valence-corrected chi connectivity index (χ0v) is 13.8. The van der Waals surface area contributed by atoms with Gasteiger partial charge < -0.3 is 10.6 Å². The van der Waals surface area contributed by atoms with Crippen molar-refractivity contribution in [3.8, 4) is 0 Å². The van der Waals surface area contributed by atoms with Crippen LogP contribution in [0.4, 0.5) is 5.69 Å². The molecular weight excluding hydrogens is 280 g/mol. The highest BCUT2D eigenvalue weighted by Crippen LogP contribution is 2.35. The maximum atomic E-state index is 3.83. The quantitative estimate of drug-likeness (QED) is 0.883. The Kier molecular flexibility index (Phi) is 4.09. The van der Waals surface area contributed by atoms with Gasteiger partial charge in [0.15, 0.2) is 0 Å². The van der Waals surface area contributed by atoms with Crippen LogP contribution in [-0.2, 0) is 19.4 Å². The summed E-state index contributed by atoms with van der Waals surface area (Å²) >= 11 is 0. The Bertz CT molecular complexity index is 657. The average molecular weight is 306 g/mol. The first-order chi connectivity index (χ1) is 11.3. The summed E-state index contributed by atoms with van der Waals surface area (Å²) in [4.78, 5) is 0. The molecule has 2 aromatic rings. The Balaban J connectivity index is 1.48.